The van der Waals surface area contributed by atoms with E-state index in [2.05, 4.69) is 0 Å². The van der Waals surface area contributed by atoms with Crippen LogP contribution in [0.2, 0.25) is 0 Å². The molecule has 5 atom stereocenters. The molecule has 0 radical (unpaired) electrons. The molecule has 1 aromatic heterocycles. The molecule has 2 unspecified atom stereocenters. The first-order valence-corrected chi connectivity index (χ1v) is 7.50. The summed E-state index contributed by atoms with van der Waals surface area (Å²) in [5.41, 5.74) is 6.48. The molecule has 3 rings (SSSR count). The van der Waals surface area contributed by atoms with Gasteiger partial charge in [-0.3, -0.25) is 0 Å². The van der Waals surface area contributed by atoms with E-state index in [0.29, 0.717) is 11.3 Å². The van der Waals surface area contributed by atoms with Crippen molar-refractivity contribution in [2.45, 2.75) is 37.6 Å². The molecule has 24 heavy (non-hydrogen) atoms. The van der Waals surface area contributed by atoms with E-state index in [1.54, 1.807) is 19.1 Å². The first-order valence-electron chi connectivity index (χ1n) is 7.50. The van der Waals surface area contributed by atoms with Crippen molar-refractivity contribution in [2.24, 2.45) is 5.73 Å². The third-order valence-electron chi connectivity index (χ3n) is 4.10. The SMILES string of the molecule is Cc1cc(=O)oc2cc(O[C@H]3OC(CO)[C@H](O)C(O)[C@@H]3N)ccc12. The van der Waals surface area contributed by atoms with Crippen LogP contribution in [0.4, 0.5) is 0 Å². The Hall–Kier alpha value is -1.97. The minimum atomic E-state index is -1.30. The smallest absolute Gasteiger partial charge is 0.336 e. The number of aliphatic hydroxyl groups excluding tert-OH is 3. The second kappa shape index (κ2) is 6.50. The molecule has 1 aliphatic rings. The van der Waals surface area contributed by atoms with Crippen LogP contribution in [0.25, 0.3) is 11.0 Å². The quantitative estimate of drug-likeness (QED) is 0.537. The average molecular weight is 337 g/mol. The maximum absolute atomic E-state index is 11.5. The Bertz CT molecular complexity index is 788. The van der Waals surface area contributed by atoms with Crippen LogP contribution in [0.15, 0.2) is 33.5 Å². The maximum Gasteiger partial charge on any atom is 0.336 e. The molecule has 1 fully saturated rings. The molecule has 2 heterocycles. The Labute approximate surface area is 137 Å². The van der Waals surface area contributed by atoms with Gasteiger partial charge >= 0.3 is 5.63 Å². The molecule has 1 saturated heterocycles. The van der Waals surface area contributed by atoms with Crippen molar-refractivity contribution in [2.75, 3.05) is 6.61 Å². The molecule has 0 aliphatic carbocycles. The normalized spacial score (nSPS) is 30.5. The molecule has 0 saturated carbocycles. The first-order chi connectivity index (χ1) is 11.4. The van der Waals surface area contributed by atoms with Crippen LogP contribution in [-0.4, -0.2) is 52.6 Å². The summed E-state index contributed by atoms with van der Waals surface area (Å²) in [4.78, 5) is 11.5. The lowest BCUT2D eigenvalue weighted by atomic mass is 9.98. The number of ether oxygens (including phenoxy) is 2. The van der Waals surface area contributed by atoms with E-state index in [1.807, 2.05) is 0 Å². The Morgan fingerprint density at radius 3 is 2.71 bits per heavy atom. The summed E-state index contributed by atoms with van der Waals surface area (Å²) in [6.45, 7) is 1.31. The molecule has 0 spiro atoms. The fraction of sp³-hybridized carbons (Fsp3) is 0.438. The number of nitrogens with two attached hydrogens (primary N) is 1. The number of hydrogen-bond donors (Lipinski definition) is 4. The lowest BCUT2D eigenvalue weighted by molar-refractivity contribution is -0.239. The lowest BCUT2D eigenvalue weighted by Gasteiger charge is -2.40. The predicted molar refractivity (Wildman–Crippen MR) is 83.6 cm³/mol. The second-order valence-corrected chi connectivity index (χ2v) is 5.81. The van der Waals surface area contributed by atoms with Gasteiger partial charge in [0, 0.05) is 17.5 Å². The van der Waals surface area contributed by atoms with Gasteiger partial charge in [0.15, 0.2) is 0 Å². The fourth-order valence-corrected chi connectivity index (χ4v) is 2.72. The Morgan fingerprint density at radius 1 is 1.25 bits per heavy atom. The van der Waals surface area contributed by atoms with E-state index in [9.17, 15) is 20.1 Å². The summed E-state index contributed by atoms with van der Waals surface area (Å²) in [6, 6.07) is 5.28. The van der Waals surface area contributed by atoms with Gasteiger partial charge in [0.1, 0.15) is 29.6 Å². The zero-order valence-electron chi connectivity index (χ0n) is 13.0. The van der Waals surface area contributed by atoms with Crippen molar-refractivity contribution in [3.05, 3.63) is 40.2 Å². The van der Waals surface area contributed by atoms with Gasteiger partial charge in [-0.05, 0) is 24.6 Å². The van der Waals surface area contributed by atoms with E-state index >= 15 is 0 Å². The molecular weight excluding hydrogens is 318 g/mol. The van der Waals surface area contributed by atoms with Gasteiger partial charge in [0.2, 0.25) is 6.29 Å². The van der Waals surface area contributed by atoms with Crippen LogP contribution in [0, 0.1) is 6.92 Å². The zero-order chi connectivity index (χ0) is 17.4. The molecule has 2 aromatic rings. The van der Waals surface area contributed by atoms with Gasteiger partial charge in [-0.25, -0.2) is 4.79 Å². The van der Waals surface area contributed by atoms with Crippen LogP contribution >= 0.6 is 0 Å². The van der Waals surface area contributed by atoms with Crippen molar-refractivity contribution in [1.29, 1.82) is 0 Å². The second-order valence-electron chi connectivity index (χ2n) is 5.81. The van der Waals surface area contributed by atoms with Gasteiger partial charge in [-0.15, -0.1) is 0 Å². The lowest BCUT2D eigenvalue weighted by Crippen LogP contribution is -2.63. The number of aliphatic hydroxyl groups is 3. The van der Waals surface area contributed by atoms with E-state index < -0.39 is 42.9 Å². The van der Waals surface area contributed by atoms with Crippen molar-refractivity contribution < 1.29 is 29.2 Å². The van der Waals surface area contributed by atoms with Crippen molar-refractivity contribution in [1.82, 2.24) is 0 Å². The van der Waals surface area contributed by atoms with Gasteiger partial charge in [-0.1, -0.05) is 0 Å². The summed E-state index contributed by atoms with van der Waals surface area (Å²) >= 11 is 0. The third-order valence-corrected chi connectivity index (χ3v) is 4.10. The van der Waals surface area contributed by atoms with Crippen LogP contribution < -0.4 is 16.1 Å². The minimum absolute atomic E-state index is 0.317. The highest BCUT2D eigenvalue weighted by Crippen LogP contribution is 2.26. The average Bonchev–Trinajstić information content (AvgIpc) is 2.55. The highest BCUT2D eigenvalue weighted by atomic mass is 16.7. The molecule has 130 valence electrons. The highest BCUT2D eigenvalue weighted by molar-refractivity contribution is 5.81. The summed E-state index contributed by atoms with van der Waals surface area (Å²) in [5.74, 6) is 0.317. The third kappa shape index (κ3) is 3.02. The molecule has 1 aliphatic heterocycles. The van der Waals surface area contributed by atoms with Crippen LogP contribution in [0.1, 0.15) is 5.56 Å². The van der Waals surface area contributed by atoms with E-state index in [1.165, 1.54) is 12.1 Å². The Morgan fingerprint density at radius 2 is 2.00 bits per heavy atom. The number of aryl methyl sites for hydroxylation is 1. The summed E-state index contributed by atoms with van der Waals surface area (Å²) < 4.78 is 16.2. The van der Waals surface area contributed by atoms with E-state index in [4.69, 9.17) is 19.6 Å². The van der Waals surface area contributed by atoms with E-state index in [0.717, 1.165) is 10.9 Å². The molecule has 8 nitrogen and oxygen atoms in total. The monoisotopic (exact) mass is 337 g/mol. The van der Waals surface area contributed by atoms with Gasteiger partial charge < -0.3 is 34.9 Å². The molecule has 1 aromatic carbocycles. The molecule has 8 heteroatoms. The topological polar surface area (TPSA) is 135 Å². The zero-order valence-corrected chi connectivity index (χ0v) is 13.0. The Balaban J connectivity index is 1.87. The number of rotatable bonds is 3. The van der Waals surface area contributed by atoms with Gasteiger partial charge in [-0.2, -0.15) is 0 Å². The number of benzene rings is 1. The summed E-state index contributed by atoms with van der Waals surface area (Å²) in [6.07, 6.45) is -4.69. The molecule has 5 N–H and O–H groups in total. The van der Waals surface area contributed by atoms with Crippen LogP contribution in [0.5, 0.6) is 5.75 Å². The molecular formula is C16H19NO7. The Kier molecular flexibility index (Phi) is 4.57. The predicted octanol–water partition coefficient (Wildman–Crippen LogP) is -0.753. The largest absolute Gasteiger partial charge is 0.463 e. The van der Waals surface area contributed by atoms with Crippen molar-refractivity contribution >= 4 is 11.0 Å². The van der Waals surface area contributed by atoms with Crippen molar-refractivity contribution in [3.8, 4) is 5.75 Å². The van der Waals surface area contributed by atoms with Crippen LogP contribution in [0.3, 0.4) is 0 Å². The van der Waals surface area contributed by atoms with Crippen molar-refractivity contribution in [3.63, 3.8) is 0 Å². The van der Waals surface area contributed by atoms with Gasteiger partial charge in [0.05, 0.1) is 12.6 Å². The van der Waals surface area contributed by atoms with Gasteiger partial charge in [0.25, 0.3) is 0 Å². The first kappa shape index (κ1) is 16.9. The van der Waals surface area contributed by atoms with Crippen LogP contribution in [-0.2, 0) is 4.74 Å². The summed E-state index contributed by atoms with van der Waals surface area (Å²) in [5, 5.41) is 29.7. The fourth-order valence-electron chi connectivity index (χ4n) is 2.72. The van der Waals surface area contributed by atoms with E-state index in [-0.39, 0.29) is 0 Å². The summed E-state index contributed by atoms with van der Waals surface area (Å²) in [7, 11) is 0. The minimum Gasteiger partial charge on any atom is -0.463 e. The number of fused-ring (bicyclic) bond motifs is 1. The highest BCUT2D eigenvalue weighted by Gasteiger charge is 2.43. The maximum atomic E-state index is 11.5. The standard InChI is InChI=1S/C16H19NO7/c1-7-4-12(19)23-10-5-8(2-3-9(7)10)22-16-13(17)15(21)14(20)11(6-18)24-16/h2-5,11,13-16,18,20-21H,6,17H2,1H3/t11?,13-,14-,15?,16-/m0/s1. The number of hydrogen-bond acceptors (Lipinski definition) is 8. The molecule has 0 bridgehead atoms. The molecule has 0 amide bonds.